The van der Waals surface area contributed by atoms with Crippen LogP contribution in [0.5, 0.6) is 0 Å². The molecule has 3 rings (SSSR count). The second kappa shape index (κ2) is 4.67. The van der Waals surface area contributed by atoms with E-state index in [0.29, 0.717) is 28.5 Å². The third-order valence-corrected chi connectivity index (χ3v) is 5.95. The molecule has 9 heteroatoms. The third-order valence-electron chi connectivity index (χ3n) is 3.72. The van der Waals surface area contributed by atoms with E-state index >= 15 is 0 Å². The Morgan fingerprint density at radius 2 is 2.19 bits per heavy atom. The highest BCUT2D eigenvalue weighted by Crippen LogP contribution is 2.34. The van der Waals surface area contributed by atoms with Gasteiger partial charge in [0.2, 0.25) is 0 Å². The first-order valence-electron chi connectivity index (χ1n) is 6.35. The van der Waals surface area contributed by atoms with Gasteiger partial charge in [0.15, 0.2) is 15.7 Å². The van der Waals surface area contributed by atoms with Crippen LogP contribution in [0.15, 0.2) is 18.2 Å². The van der Waals surface area contributed by atoms with Crippen LogP contribution in [-0.4, -0.2) is 40.1 Å². The van der Waals surface area contributed by atoms with E-state index in [4.69, 9.17) is 17.3 Å². The molecule has 1 aromatic heterocycles. The van der Waals surface area contributed by atoms with Crippen molar-refractivity contribution in [1.29, 1.82) is 0 Å². The summed E-state index contributed by atoms with van der Waals surface area (Å²) < 4.78 is 25.1. The van der Waals surface area contributed by atoms with Crippen molar-refractivity contribution >= 4 is 27.1 Å². The van der Waals surface area contributed by atoms with Crippen molar-refractivity contribution < 1.29 is 8.42 Å². The van der Waals surface area contributed by atoms with Crippen LogP contribution in [0.2, 0.25) is 5.02 Å². The first-order chi connectivity index (χ1) is 9.81. The first-order valence-corrected chi connectivity index (χ1v) is 8.55. The minimum absolute atomic E-state index is 0.0289. The van der Waals surface area contributed by atoms with E-state index in [1.807, 2.05) is 6.92 Å². The Labute approximate surface area is 127 Å². The van der Waals surface area contributed by atoms with Gasteiger partial charge in [0, 0.05) is 5.56 Å². The van der Waals surface area contributed by atoms with Crippen LogP contribution in [0, 0.1) is 0 Å². The number of halogens is 1. The molecule has 7 nitrogen and oxygen atoms in total. The lowest BCUT2D eigenvalue weighted by molar-refractivity contribution is 0.325. The van der Waals surface area contributed by atoms with Crippen molar-refractivity contribution in [3.8, 4) is 11.4 Å². The van der Waals surface area contributed by atoms with Crippen LogP contribution in [0.4, 0.5) is 5.69 Å². The molecule has 0 aliphatic carbocycles. The fourth-order valence-electron chi connectivity index (χ4n) is 2.57. The van der Waals surface area contributed by atoms with Gasteiger partial charge in [-0.05, 0) is 42.0 Å². The van der Waals surface area contributed by atoms with Crippen LogP contribution in [0.3, 0.4) is 0 Å². The molecule has 112 valence electrons. The number of nitrogen functional groups attached to an aromatic ring is 1. The zero-order chi connectivity index (χ0) is 15.3. The molecule has 1 aliphatic heterocycles. The number of hydrogen-bond acceptors (Lipinski definition) is 6. The summed E-state index contributed by atoms with van der Waals surface area (Å²) in [7, 11) is -3.06. The normalized spacial score (nSPS) is 24.3. The maximum atomic E-state index is 11.8. The Morgan fingerprint density at radius 1 is 1.43 bits per heavy atom. The Hall–Kier alpha value is -1.67. The molecule has 2 aromatic rings. The van der Waals surface area contributed by atoms with Crippen molar-refractivity contribution in [2.75, 3.05) is 17.2 Å². The Kier molecular flexibility index (Phi) is 3.18. The summed E-state index contributed by atoms with van der Waals surface area (Å²) >= 11 is 5.91. The number of hydrogen-bond donors (Lipinski definition) is 1. The second-order valence-electron chi connectivity index (χ2n) is 5.49. The molecule has 2 N–H and O–H groups in total. The van der Waals surface area contributed by atoms with E-state index in [9.17, 15) is 8.42 Å². The van der Waals surface area contributed by atoms with Crippen LogP contribution in [0.1, 0.15) is 13.3 Å². The molecular formula is C12H14ClN5O2S. The van der Waals surface area contributed by atoms with E-state index in [1.165, 1.54) is 0 Å². The number of benzene rings is 1. The van der Waals surface area contributed by atoms with Crippen molar-refractivity contribution in [2.24, 2.45) is 0 Å². The van der Waals surface area contributed by atoms with Crippen molar-refractivity contribution in [3.05, 3.63) is 23.2 Å². The molecule has 0 bridgehead atoms. The Morgan fingerprint density at radius 3 is 2.81 bits per heavy atom. The predicted octanol–water partition coefficient (Wildman–Crippen LogP) is 1.11. The minimum atomic E-state index is -3.06. The molecule has 1 aliphatic rings. The zero-order valence-electron chi connectivity index (χ0n) is 11.3. The predicted molar refractivity (Wildman–Crippen MR) is 79.6 cm³/mol. The highest BCUT2D eigenvalue weighted by molar-refractivity contribution is 7.91. The summed E-state index contributed by atoms with van der Waals surface area (Å²) in [6.45, 7) is 1.84. The molecule has 1 atom stereocenters. The van der Waals surface area contributed by atoms with Crippen LogP contribution in [-0.2, 0) is 15.4 Å². The maximum absolute atomic E-state index is 11.8. The first kappa shape index (κ1) is 14.3. The van der Waals surface area contributed by atoms with Gasteiger partial charge >= 0.3 is 0 Å². The van der Waals surface area contributed by atoms with Gasteiger partial charge < -0.3 is 5.73 Å². The lowest BCUT2D eigenvalue weighted by atomic mass is 10.0. The van der Waals surface area contributed by atoms with E-state index in [-0.39, 0.29) is 11.5 Å². The molecule has 21 heavy (non-hydrogen) atoms. The molecule has 0 spiro atoms. The van der Waals surface area contributed by atoms with E-state index in [1.54, 1.807) is 22.9 Å². The molecule has 1 unspecified atom stereocenters. The van der Waals surface area contributed by atoms with Gasteiger partial charge in [-0.15, -0.1) is 5.10 Å². The quantitative estimate of drug-likeness (QED) is 0.829. The number of rotatable bonds is 2. The van der Waals surface area contributed by atoms with Crippen molar-refractivity contribution in [1.82, 2.24) is 20.2 Å². The van der Waals surface area contributed by atoms with Gasteiger partial charge in [0.25, 0.3) is 0 Å². The summed E-state index contributed by atoms with van der Waals surface area (Å²) in [5.74, 6) is 0.658. The molecule has 0 radical (unpaired) electrons. The topological polar surface area (TPSA) is 104 Å². The van der Waals surface area contributed by atoms with Crippen LogP contribution < -0.4 is 5.73 Å². The Balaban J connectivity index is 2.07. The number of tetrazole rings is 1. The van der Waals surface area contributed by atoms with E-state index < -0.39 is 15.4 Å². The summed E-state index contributed by atoms with van der Waals surface area (Å²) in [6, 6.07) is 5.10. The highest BCUT2D eigenvalue weighted by Gasteiger charge is 2.42. The van der Waals surface area contributed by atoms with Crippen molar-refractivity contribution in [2.45, 2.75) is 18.9 Å². The van der Waals surface area contributed by atoms with E-state index in [2.05, 4.69) is 15.5 Å². The summed E-state index contributed by atoms with van der Waals surface area (Å²) in [6.07, 6.45) is 0.483. The zero-order valence-corrected chi connectivity index (χ0v) is 12.9. The molecule has 0 saturated carbocycles. The molecule has 1 fully saturated rings. The van der Waals surface area contributed by atoms with Gasteiger partial charge in [-0.1, -0.05) is 11.6 Å². The lowest BCUT2D eigenvalue weighted by Crippen LogP contribution is -2.33. The number of anilines is 1. The second-order valence-corrected chi connectivity index (χ2v) is 8.08. The average Bonchev–Trinajstić information content (AvgIpc) is 2.98. The summed E-state index contributed by atoms with van der Waals surface area (Å²) in [5.41, 5.74) is 6.28. The molecule has 1 saturated heterocycles. The largest absolute Gasteiger partial charge is 0.398 e. The van der Waals surface area contributed by atoms with Crippen molar-refractivity contribution in [3.63, 3.8) is 0 Å². The molecular weight excluding hydrogens is 314 g/mol. The number of nitrogens with zero attached hydrogens (tertiary/aromatic N) is 4. The molecule has 0 amide bonds. The molecule has 1 aromatic carbocycles. The van der Waals surface area contributed by atoms with E-state index in [0.717, 1.165) is 0 Å². The third kappa shape index (κ3) is 2.49. The number of aromatic nitrogens is 4. The number of nitrogens with two attached hydrogens (primary N) is 1. The van der Waals surface area contributed by atoms with Gasteiger partial charge in [0.1, 0.15) is 0 Å². The fraction of sp³-hybridized carbons (Fsp3) is 0.417. The Bertz CT molecular complexity index is 804. The summed E-state index contributed by atoms with van der Waals surface area (Å²) in [4.78, 5) is 0. The average molecular weight is 328 g/mol. The number of sulfone groups is 1. The standard InChI is InChI=1S/C12H14ClN5O2S/c1-12(4-5-21(19,20)7-12)18-11(15-16-17-18)8-2-3-9(13)10(14)6-8/h2-3,6H,4-5,7,14H2,1H3. The molecule has 2 heterocycles. The summed E-state index contributed by atoms with van der Waals surface area (Å²) in [5, 5.41) is 12.1. The smallest absolute Gasteiger partial charge is 0.182 e. The fourth-order valence-corrected chi connectivity index (χ4v) is 4.80. The van der Waals surface area contributed by atoms with Crippen LogP contribution >= 0.6 is 11.6 Å². The monoisotopic (exact) mass is 327 g/mol. The maximum Gasteiger partial charge on any atom is 0.182 e. The van der Waals surface area contributed by atoms with Gasteiger partial charge in [-0.3, -0.25) is 0 Å². The van der Waals surface area contributed by atoms with Crippen LogP contribution in [0.25, 0.3) is 11.4 Å². The SMILES string of the molecule is CC1(n2nnnc2-c2ccc(Cl)c(N)c2)CCS(=O)(=O)C1. The minimum Gasteiger partial charge on any atom is -0.398 e. The van der Waals surface area contributed by atoms with Gasteiger partial charge in [-0.2, -0.15) is 0 Å². The van der Waals surface area contributed by atoms with Gasteiger partial charge in [-0.25, -0.2) is 13.1 Å². The highest BCUT2D eigenvalue weighted by atomic mass is 35.5. The van der Waals surface area contributed by atoms with Gasteiger partial charge in [0.05, 0.1) is 27.8 Å². The lowest BCUT2D eigenvalue weighted by Gasteiger charge is -2.23.